The van der Waals surface area contributed by atoms with Gasteiger partial charge in [-0.3, -0.25) is 9.69 Å². The van der Waals surface area contributed by atoms with Gasteiger partial charge in [-0.1, -0.05) is 6.08 Å². The van der Waals surface area contributed by atoms with Crippen molar-refractivity contribution >= 4 is 5.91 Å². The number of nitrogens with zero attached hydrogens (tertiary/aromatic N) is 2. The van der Waals surface area contributed by atoms with Gasteiger partial charge in [0.1, 0.15) is 0 Å². The van der Waals surface area contributed by atoms with Crippen LogP contribution in [0.3, 0.4) is 0 Å². The molecular weight excluding hydrogens is 240 g/mol. The van der Waals surface area contributed by atoms with Crippen molar-refractivity contribution < 1.29 is 9.53 Å². The highest BCUT2D eigenvalue weighted by Crippen LogP contribution is 2.39. The average Bonchev–Trinajstić information content (AvgIpc) is 3.05. The molecule has 0 bridgehead atoms. The van der Waals surface area contributed by atoms with Crippen LogP contribution in [0.1, 0.15) is 32.1 Å². The number of rotatable bonds is 3. The largest absolute Gasteiger partial charge is 0.380 e. The van der Waals surface area contributed by atoms with Crippen LogP contribution in [0, 0.1) is 0 Å². The highest BCUT2D eigenvalue weighted by molar-refractivity contribution is 5.80. The van der Waals surface area contributed by atoms with Gasteiger partial charge in [0.2, 0.25) is 5.91 Å². The molecule has 0 N–H and O–H groups in total. The fourth-order valence-electron chi connectivity index (χ4n) is 3.93. The maximum absolute atomic E-state index is 12.0. The lowest BCUT2D eigenvalue weighted by Crippen LogP contribution is -2.55. The molecule has 0 aromatic carbocycles. The molecular formula is C15H24N2O2. The standard InChI is InChI=1S/C15H24N2O2/c1-2-8-17-14(18)3-5-15(17)6-9-16(10-7-15)13-4-11-19-12-13/h2,13H,1,3-12H2/t13-/m1/s1. The zero-order chi connectivity index (χ0) is 13.3. The molecule has 3 aliphatic heterocycles. The van der Waals surface area contributed by atoms with Crippen LogP contribution in [0.4, 0.5) is 0 Å². The monoisotopic (exact) mass is 264 g/mol. The Morgan fingerprint density at radius 1 is 1.37 bits per heavy atom. The number of likely N-dealkylation sites (tertiary alicyclic amines) is 2. The average molecular weight is 264 g/mol. The summed E-state index contributed by atoms with van der Waals surface area (Å²) in [6.45, 7) is 8.52. The van der Waals surface area contributed by atoms with Gasteiger partial charge in [-0.15, -0.1) is 6.58 Å². The smallest absolute Gasteiger partial charge is 0.223 e. The van der Waals surface area contributed by atoms with Gasteiger partial charge in [-0.2, -0.15) is 0 Å². The van der Waals surface area contributed by atoms with Crippen molar-refractivity contribution in [2.45, 2.75) is 43.7 Å². The first-order chi connectivity index (χ1) is 9.25. The molecule has 1 spiro atoms. The van der Waals surface area contributed by atoms with E-state index in [4.69, 9.17) is 4.74 Å². The Kier molecular flexibility index (Phi) is 3.63. The van der Waals surface area contributed by atoms with E-state index < -0.39 is 0 Å². The van der Waals surface area contributed by atoms with Crippen LogP contribution in [-0.2, 0) is 9.53 Å². The number of hydrogen-bond acceptors (Lipinski definition) is 3. The minimum absolute atomic E-state index is 0.126. The molecule has 4 heteroatoms. The molecule has 0 saturated carbocycles. The summed E-state index contributed by atoms with van der Waals surface area (Å²) in [4.78, 5) is 16.7. The number of carbonyl (C=O) groups is 1. The second-order valence-electron chi connectivity index (χ2n) is 6.07. The SMILES string of the molecule is C=CCN1C(=O)CCC12CCN([C@@H]1CCOC1)CC2. The summed E-state index contributed by atoms with van der Waals surface area (Å²) in [5.41, 5.74) is 0.126. The zero-order valence-electron chi connectivity index (χ0n) is 11.6. The number of ether oxygens (including phenoxy) is 1. The number of piperidine rings is 1. The lowest BCUT2D eigenvalue weighted by molar-refractivity contribution is -0.131. The van der Waals surface area contributed by atoms with Crippen molar-refractivity contribution in [3.63, 3.8) is 0 Å². The number of hydrogen-bond donors (Lipinski definition) is 0. The summed E-state index contributed by atoms with van der Waals surface area (Å²) in [7, 11) is 0. The Morgan fingerprint density at radius 2 is 2.16 bits per heavy atom. The summed E-state index contributed by atoms with van der Waals surface area (Å²) < 4.78 is 5.48. The van der Waals surface area contributed by atoms with E-state index >= 15 is 0 Å². The normalized spacial score (nSPS) is 31.3. The van der Waals surface area contributed by atoms with Crippen molar-refractivity contribution in [1.29, 1.82) is 0 Å². The third-order valence-corrected chi connectivity index (χ3v) is 5.14. The molecule has 106 valence electrons. The lowest BCUT2D eigenvalue weighted by Gasteiger charge is -2.46. The van der Waals surface area contributed by atoms with E-state index in [1.165, 1.54) is 6.42 Å². The summed E-state index contributed by atoms with van der Waals surface area (Å²) >= 11 is 0. The van der Waals surface area contributed by atoms with E-state index in [2.05, 4.69) is 16.4 Å². The molecule has 0 radical (unpaired) electrons. The third kappa shape index (κ3) is 2.32. The molecule has 1 atom stereocenters. The van der Waals surface area contributed by atoms with Crippen LogP contribution >= 0.6 is 0 Å². The Hall–Kier alpha value is -0.870. The molecule has 3 heterocycles. The van der Waals surface area contributed by atoms with Crippen LogP contribution in [0.25, 0.3) is 0 Å². The Bertz CT molecular complexity index is 355. The molecule has 0 unspecified atom stereocenters. The molecule has 0 aliphatic carbocycles. The van der Waals surface area contributed by atoms with Gasteiger partial charge in [-0.05, 0) is 25.7 Å². The van der Waals surface area contributed by atoms with Gasteiger partial charge >= 0.3 is 0 Å². The fourth-order valence-corrected chi connectivity index (χ4v) is 3.93. The highest BCUT2D eigenvalue weighted by atomic mass is 16.5. The topological polar surface area (TPSA) is 32.8 Å². The van der Waals surface area contributed by atoms with Gasteiger partial charge in [0.05, 0.1) is 6.61 Å². The quantitative estimate of drug-likeness (QED) is 0.723. The number of carbonyl (C=O) groups excluding carboxylic acids is 1. The van der Waals surface area contributed by atoms with Crippen LogP contribution in [0.5, 0.6) is 0 Å². The first-order valence-corrected chi connectivity index (χ1v) is 7.48. The summed E-state index contributed by atoms with van der Waals surface area (Å²) in [5.74, 6) is 0.317. The van der Waals surface area contributed by atoms with Crippen LogP contribution < -0.4 is 0 Å². The molecule has 3 fully saturated rings. The van der Waals surface area contributed by atoms with Crippen LogP contribution in [0.15, 0.2) is 12.7 Å². The first-order valence-electron chi connectivity index (χ1n) is 7.48. The molecule has 3 saturated heterocycles. The molecule has 0 aromatic heterocycles. The van der Waals surface area contributed by atoms with Crippen molar-refractivity contribution in [3.8, 4) is 0 Å². The van der Waals surface area contributed by atoms with Gasteiger partial charge in [0.25, 0.3) is 0 Å². The Morgan fingerprint density at radius 3 is 2.79 bits per heavy atom. The third-order valence-electron chi connectivity index (χ3n) is 5.14. The van der Waals surface area contributed by atoms with Crippen molar-refractivity contribution in [1.82, 2.24) is 9.80 Å². The summed E-state index contributed by atoms with van der Waals surface area (Å²) in [6, 6.07) is 0.613. The zero-order valence-corrected chi connectivity index (χ0v) is 11.6. The van der Waals surface area contributed by atoms with Crippen molar-refractivity contribution in [2.75, 3.05) is 32.8 Å². The molecule has 19 heavy (non-hydrogen) atoms. The van der Waals surface area contributed by atoms with E-state index in [-0.39, 0.29) is 5.54 Å². The molecule has 1 amide bonds. The van der Waals surface area contributed by atoms with Gasteiger partial charge in [-0.25, -0.2) is 0 Å². The number of amides is 1. The van der Waals surface area contributed by atoms with Crippen LogP contribution in [-0.4, -0.2) is 60.1 Å². The van der Waals surface area contributed by atoms with Gasteiger partial charge < -0.3 is 9.64 Å². The Balaban J connectivity index is 1.64. The molecule has 3 rings (SSSR count). The molecule has 4 nitrogen and oxygen atoms in total. The first kappa shape index (κ1) is 13.1. The highest BCUT2D eigenvalue weighted by Gasteiger charge is 2.46. The minimum Gasteiger partial charge on any atom is -0.380 e. The van der Waals surface area contributed by atoms with E-state index in [0.717, 1.165) is 52.0 Å². The fraction of sp³-hybridized carbons (Fsp3) is 0.800. The lowest BCUT2D eigenvalue weighted by atomic mass is 9.84. The molecule has 0 aromatic rings. The van der Waals surface area contributed by atoms with E-state index in [1.54, 1.807) is 0 Å². The second kappa shape index (κ2) is 5.25. The second-order valence-corrected chi connectivity index (χ2v) is 6.07. The maximum atomic E-state index is 12.0. The van der Waals surface area contributed by atoms with Crippen LogP contribution in [0.2, 0.25) is 0 Å². The maximum Gasteiger partial charge on any atom is 0.223 e. The van der Waals surface area contributed by atoms with Crippen molar-refractivity contribution in [2.24, 2.45) is 0 Å². The summed E-state index contributed by atoms with van der Waals surface area (Å²) in [6.07, 6.45) is 7.02. The van der Waals surface area contributed by atoms with E-state index in [9.17, 15) is 4.79 Å². The van der Waals surface area contributed by atoms with E-state index in [0.29, 0.717) is 18.5 Å². The van der Waals surface area contributed by atoms with Crippen molar-refractivity contribution in [3.05, 3.63) is 12.7 Å². The predicted octanol–water partition coefficient (Wildman–Crippen LogP) is 1.42. The molecule has 3 aliphatic rings. The minimum atomic E-state index is 0.126. The predicted molar refractivity (Wildman–Crippen MR) is 73.9 cm³/mol. The Labute approximate surface area is 115 Å². The van der Waals surface area contributed by atoms with Gasteiger partial charge in [0.15, 0.2) is 0 Å². The van der Waals surface area contributed by atoms with E-state index in [1.807, 2.05) is 6.08 Å². The van der Waals surface area contributed by atoms with Gasteiger partial charge in [0, 0.05) is 44.2 Å². The summed E-state index contributed by atoms with van der Waals surface area (Å²) in [5, 5.41) is 0.